The van der Waals surface area contributed by atoms with E-state index in [1.165, 1.54) is 0 Å². The molecule has 0 saturated carbocycles. The third-order valence-corrected chi connectivity index (χ3v) is 4.16. The molecule has 0 saturated heterocycles. The fraction of sp³-hybridized carbons (Fsp3) is 0.0909. The Bertz CT molecular complexity index is 1080. The first-order chi connectivity index (χ1) is 13.8. The van der Waals surface area contributed by atoms with Gasteiger partial charge < -0.3 is 10.1 Å². The molecule has 6 heteroatoms. The van der Waals surface area contributed by atoms with Crippen molar-refractivity contribution in [2.24, 2.45) is 0 Å². The number of hydrogen-bond acceptors (Lipinski definition) is 5. The van der Waals surface area contributed by atoms with Gasteiger partial charge in [-0.1, -0.05) is 18.2 Å². The summed E-state index contributed by atoms with van der Waals surface area (Å²) < 4.78 is 5.55. The summed E-state index contributed by atoms with van der Waals surface area (Å²) in [5.74, 6) is 0.417. The van der Waals surface area contributed by atoms with Gasteiger partial charge >= 0.3 is 0 Å². The van der Waals surface area contributed by atoms with E-state index in [2.05, 4.69) is 20.3 Å². The van der Waals surface area contributed by atoms with Crippen LogP contribution in [0.25, 0.3) is 22.3 Å². The average Bonchev–Trinajstić information content (AvgIpc) is 2.77. The third-order valence-electron chi connectivity index (χ3n) is 4.16. The van der Waals surface area contributed by atoms with Crippen LogP contribution >= 0.6 is 0 Å². The van der Waals surface area contributed by atoms with Crippen LogP contribution in [0, 0.1) is 0 Å². The second kappa shape index (κ2) is 8.26. The van der Waals surface area contributed by atoms with Gasteiger partial charge in [0.05, 0.1) is 35.2 Å². The Balaban J connectivity index is 1.34. The summed E-state index contributed by atoms with van der Waals surface area (Å²) in [5.41, 5.74) is 4.24. The summed E-state index contributed by atoms with van der Waals surface area (Å²) in [5, 5.41) is 2.78. The van der Waals surface area contributed by atoms with Crippen LogP contribution in [0.3, 0.4) is 0 Å². The highest BCUT2D eigenvalue weighted by atomic mass is 16.5. The fourth-order valence-corrected chi connectivity index (χ4v) is 2.71. The SMILES string of the molecule is O=C(COc1ccc(-c2cnc3ccccc3n2)cc1)NCc1ccccn1. The van der Waals surface area contributed by atoms with Crippen LogP contribution in [0.15, 0.2) is 79.1 Å². The van der Waals surface area contributed by atoms with Crippen LogP contribution in [-0.4, -0.2) is 27.5 Å². The summed E-state index contributed by atoms with van der Waals surface area (Å²) in [7, 11) is 0. The highest BCUT2D eigenvalue weighted by Crippen LogP contribution is 2.22. The molecule has 0 atom stereocenters. The van der Waals surface area contributed by atoms with Gasteiger partial charge in [0.2, 0.25) is 0 Å². The standard InChI is InChI=1S/C22H18N4O2/c27-22(25-13-17-5-3-4-12-23-17)15-28-18-10-8-16(9-11-18)21-14-24-19-6-1-2-7-20(19)26-21/h1-12,14H,13,15H2,(H,25,27). The molecule has 0 aliphatic rings. The van der Waals surface area contributed by atoms with Gasteiger partial charge in [0.1, 0.15) is 5.75 Å². The lowest BCUT2D eigenvalue weighted by Gasteiger charge is -2.08. The van der Waals surface area contributed by atoms with Crippen molar-refractivity contribution in [1.82, 2.24) is 20.3 Å². The van der Waals surface area contributed by atoms with Crippen molar-refractivity contribution < 1.29 is 9.53 Å². The minimum atomic E-state index is -0.199. The second-order valence-corrected chi connectivity index (χ2v) is 6.15. The van der Waals surface area contributed by atoms with E-state index >= 15 is 0 Å². The molecule has 0 aliphatic carbocycles. The van der Waals surface area contributed by atoms with E-state index < -0.39 is 0 Å². The Hall–Kier alpha value is -3.80. The van der Waals surface area contributed by atoms with Gasteiger partial charge in [0.15, 0.2) is 6.61 Å². The smallest absolute Gasteiger partial charge is 0.258 e. The molecule has 0 aliphatic heterocycles. The number of para-hydroxylation sites is 2. The Morgan fingerprint density at radius 3 is 2.46 bits per heavy atom. The molecule has 0 radical (unpaired) electrons. The summed E-state index contributed by atoms with van der Waals surface area (Å²) in [6, 6.07) is 20.8. The Morgan fingerprint density at radius 1 is 0.893 bits per heavy atom. The van der Waals surface area contributed by atoms with Crippen molar-refractivity contribution in [3.8, 4) is 17.0 Å². The minimum Gasteiger partial charge on any atom is -0.484 e. The molecular weight excluding hydrogens is 352 g/mol. The number of ether oxygens (including phenoxy) is 1. The van der Waals surface area contributed by atoms with E-state index in [1.807, 2.05) is 66.7 Å². The number of carbonyl (C=O) groups is 1. The van der Waals surface area contributed by atoms with Gasteiger partial charge in [-0.2, -0.15) is 0 Å². The van der Waals surface area contributed by atoms with Crippen molar-refractivity contribution in [3.63, 3.8) is 0 Å². The number of fused-ring (bicyclic) bond motifs is 1. The molecule has 0 fully saturated rings. The lowest BCUT2D eigenvalue weighted by atomic mass is 10.1. The van der Waals surface area contributed by atoms with Crippen LogP contribution < -0.4 is 10.1 Å². The molecule has 0 spiro atoms. The van der Waals surface area contributed by atoms with Gasteiger partial charge in [-0.15, -0.1) is 0 Å². The highest BCUT2D eigenvalue weighted by Gasteiger charge is 2.05. The minimum absolute atomic E-state index is 0.0536. The largest absolute Gasteiger partial charge is 0.484 e. The summed E-state index contributed by atoms with van der Waals surface area (Å²) >= 11 is 0. The van der Waals surface area contributed by atoms with Crippen molar-refractivity contribution in [3.05, 3.63) is 84.8 Å². The van der Waals surface area contributed by atoms with Gasteiger partial charge in [-0.05, 0) is 48.5 Å². The molecule has 6 nitrogen and oxygen atoms in total. The van der Waals surface area contributed by atoms with E-state index in [0.29, 0.717) is 12.3 Å². The van der Waals surface area contributed by atoms with E-state index in [9.17, 15) is 4.79 Å². The molecule has 28 heavy (non-hydrogen) atoms. The first-order valence-electron chi connectivity index (χ1n) is 8.89. The molecule has 1 N–H and O–H groups in total. The molecule has 1 amide bonds. The highest BCUT2D eigenvalue weighted by molar-refractivity contribution is 5.78. The molecule has 2 aromatic carbocycles. The maximum absolute atomic E-state index is 11.9. The van der Waals surface area contributed by atoms with Crippen LogP contribution in [0.4, 0.5) is 0 Å². The van der Waals surface area contributed by atoms with Crippen LogP contribution in [0.2, 0.25) is 0 Å². The predicted octanol–water partition coefficient (Wildman–Crippen LogP) is 3.39. The Kier molecular flexibility index (Phi) is 5.20. The summed E-state index contributed by atoms with van der Waals surface area (Å²) in [6.45, 7) is 0.324. The molecule has 0 bridgehead atoms. The van der Waals surface area contributed by atoms with Gasteiger partial charge in [0.25, 0.3) is 5.91 Å². The quantitative estimate of drug-likeness (QED) is 0.563. The molecular formula is C22H18N4O2. The number of nitrogens with one attached hydrogen (secondary N) is 1. The molecule has 2 aromatic heterocycles. The first kappa shape index (κ1) is 17.6. The molecule has 4 rings (SSSR count). The predicted molar refractivity (Wildman–Crippen MR) is 107 cm³/mol. The Labute approximate surface area is 162 Å². The van der Waals surface area contributed by atoms with E-state index in [-0.39, 0.29) is 12.5 Å². The fourth-order valence-electron chi connectivity index (χ4n) is 2.71. The molecule has 0 unspecified atom stereocenters. The number of benzene rings is 2. The lowest BCUT2D eigenvalue weighted by Crippen LogP contribution is -2.28. The normalized spacial score (nSPS) is 10.6. The monoisotopic (exact) mass is 370 g/mol. The van der Waals surface area contributed by atoms with E-state index in [0.717, 1.165) is 28.0 Å². The van der Waals surface area contributed by atoms with E-state index in [4.69, 9.17) is 4.74 Å². The summed E-state index contributed by atoms with van der Waals surface area (Å²) in [4.78, 5) is 25.1. The van der Waals surface area contributed by atoms with E-state index in [1.54, 1.807) is 12.4 Å². The zero-order valence-corrected chi connectivity index (χ0v) is 15.1. The number of carbonyl (C=O) groups excluding carboxylic acids is 1. The van der Waals surface area contributed by atoms with Crippen LogP contribution in [0.1, 0.15) is 5.69 Å². The lowest BCUT2D eigenvalue weighted by molar-refractivity contribution is -0.123. The maximum atomic E-state index is 11.9. The topological polar surface area (TPSA) is 77.0 Å². The number of pyridine rings is 1. The van der Waals surface area contributed by atoms with Crippen molar-refractivity contribution in [2.75, 3.05) is 6.61 Å². The maximum Gasteiger partial charge on any atom is 0.258 e. The second-order valence-electron chi connectivity index (χ2n) is 6.15. The van der Waals surface area contributed by atoms with Gasteiger partial charge in [-0.3, -0.25) is 14.8 Å². The van der Waals surface area contributed by atoms with Crippen molar-refractivity contribution in [1.29, 1.82) is 0 Å². The number of rotatable bonds is 6. The summed E-state index contributed by atoms with van der Waals surface area (Å²) in [6.07, 6.45) is 3.45. The van der Waals surface area contributed by atoms with Crippen molar-refractivity contribution >= 4 is 16.9 Å². The average molecular weight is 370 g/mol. The number of nitrogens with zero attached hydrogens (tertiary/aromatic N) is 3. The van der Waals surface area contributed by atoms with Crippen LogP contribution in [0.5, 0.6) is 5.75 Å². The van der Waals surface area contributed by atoms with Crippen molar-refractivity contribution in [2.45, 2.75) is 6.54 Å². The first-order valence-corrected chi connectivity index (χ1v) is 8.89. The number of aromatic nitrogens is 3. The number of hydrogen-bond donors (Lipinski definition) is 1. The van der Waals surface area contributed by atoms with Crippen LogP contribution in [-0.2, 0) is 11.3 Å². The zero-order chi connectivity index (χ0) is 19.2. The Morgan fingerprint density at radius 2 is 1.68 bits per heavy atom. The molecule has 4 aromatic rings. The molecule has 138 valence electrons. The molecule has 2 heterocycles. The van der Waals surface area contributed by atoms with Gasteiger partial charge in [-0.25, -0.2) is 4.98 Å². The zero-order valence-electron chi connectivity index (χ0n) is 15.1. The number of amides is 1. The van der Waals surface area contributed by atoms with Gasteiger partial charge in [0, 0.05) is 11.8 Å². The third kappa shape index (κ3) is 4.29.